The van der Waals surface area contributed by atoms with Crippen molar-refractivity contribution in [2.75, 3.05) is 20.3 Å². The Labute approximate surface area is 143 Å². The summed E-state index contributed by atoms with van der Waals surface area (Å²) < 4.78 is 10.5. The summed E-state index contributed by atoms with van der Waals surface area (Å²) in [6.07, 6.45) is 4.54. The second-order valence-corrected chi connectivity index (χ2v) is 6.15. The van der Waals surface area contributed by atoms with Gasteiger partial charge in [0.05, 0.1) is 6.61 Å². The molecule has 0 spiro atoms. The Bertz CT molecular complexity index is 514. The highest BCUT2D eigenvalue weighted by molar-refractivity contribution is 5.94. The lowest BCUT2D eigenvalue weighted by Crippen LogP contribution is -2.48. The van der Waals surface area contributed by atoms with E-state index < -0.39 is 0 Å². The molecule has 2 fully saturated rings. The molecule has 2 heterocycles. The molecule has 2 saturated heterocycles. The van der Waals surface area contributed by atoms with Gasteiger partial charge < -0.3 is 20.1 Å². The number of carbonyl (C=O) groups excluding carboxylic acids is 1. The third-order valence-corrected chi connectivity index (χ3v) is 4.46. The molecule has 2 aliphatic rings. The molecule has 0 saturated carbocycles. The van der Waals surface area contributed by atoms with E-state index in [4.69, 9.17) is 9.47 Å². The normalized spacial score (nSPS) is 25.5. The van der Waals surface area contributed by atoms with Crippen molar-refractivity contribution < 1.29 is 14.3 Å². The fourth-order valence-corrected chi connectivity index (χ4v) is 3.41. The van der Waals surface area contributed by atoms with Crippen LogP contribution in [0.1, 0.15) is 36.0 Å². The number of carbonyl (C=O) groups is 1. The fraction of sp³-hybridized carbons (Fsp3) is 0.588. The largest absolute Gasteiger partial charge is 0.491 e. The molecular formula is C17H25ClN2O3. The van der Waals surface area contributed by atoms with Gasteiger partial charge in [0, 0.05) is 30.8 Å². The minimum atomic E-state index is -0.0107. The number of hydrogen-bond acceptors (Lipinski definition) is 4. The van der Waals surface area contributed by atoms with Crippen molar-refractivity contribution in [3.63, 3.8) is 0 Å². The van der Waals surface area contributed by atoms with Crippen LogP contribution < -0.4 is 15.4 Å². The zero-order valence-electron chi connectivity index (χ0n) is 13.4. The van der Waals surface area contributed by atoms with Gasteiger partial charge in [-0.3, -0.25) is 4.79 Å². The lowest BCUT2D eigenvalue weighted by molar-refractivity contribution is 0.0923. The van der Waals surface area contributed by atoms with E-state index in [0.29, 0.717) is 36.6 Å². The highest BCUT2D eigenvalue weighted by Gasteiger charge is 2.34. The molecule has 1 amide bonds. The third-order valence-electron chi connectivity index (χ3n) is 4.46. The van der Waals surface area contributed by atoms with Gasteiger partial charge in [-0.1, -0.05) is 6.07 Å². The van der Waals surface area contributed by atoms with Gasteiger partial charge in [0.1, 0.15) is 12.4 Å². The summed E-state index contributed by atoms with van der Waals surface area (Å²) in [6.45, 7) is 1.02. The van der Waals surface area contributed by atoms with Crippen molar-refractivity contribution in [3.8, 4) is 5.75 Å². The molecule has 6 heteroatoms. The number of hydrogen-bond donors (Lipinski definition) is 2. The van der Waals surface area contributed by atoms with Crippen LogP contribution in [0.3, 0.4) is 0 Å². The van der Waals surface area contributed by atoms with Crippen LogP contribution in [0.2, 0.25) is 0 Å². The summed E-state index contributed by atoms with van der Waals surface area (Å²) in [5, 5.41) is 6.76. The van der Waals surface area contributed by atoms with Crippen LogP contribution in [0.5, 0.6) is 5.75 Å². The molecule has 128 valence electrons. The van der Waals surface area contributed by atoms with E-state index in [9.17, 15) is 4.79 Å². The van der Waals surface area contributed by atoms with Crippen molar-refractivity contribution in [2.45, 2.75) is 43.8 Å². The number of amides is 1. The second-order valence-electron chi connectivity index (χ2n) is 6.15. The first kappa shape index (κ1) is 18.0. The van der Waals surface area contributed by atoms with Crippen molar-refractivity contribution in [1.82, 2.24) is 10.6 Å². The first-order valence-corrected chi connectivity index (χ1v) is 8.03. The van der Waals surface area contributed by atoms with Gasteiger partial charge in [-0.25, -0.2) is 0 Å². The number of nitrogens with one attached hydrogen (secondary N) is 2. The maximum absolute atomic E-state index is 12.4. The minimum absolute atomic E-state index is 0. The van der Waals surface area contributed by atoms with Gasteiger partial charge in [-0.15, -0.1) is 12.4 Å². The van der Waals surface area contributed by atoms with Gasteiger partial charge >= 0.3 is 0 Å². The van der Waals surface area contributed by atoms with Crippen LogP contribution in [0, 0.1) is 0 Å². The summed E-state index contributed by atoms with van der Waals surface area (Å²) in [7, 11) is 1.64. The van der Waals surface area contributed by atoms with Crippen LogP contribution in [-0.2, 0) is 4.74 Å². The predicted octanol–water partition coefficient (Wildman–Crippen LogP) is 2.15. The Morgan fingerprint density at radius 3 is 2.70 bits per heavy atom. The van der Waals surface area contributed by atoms with Gasteiger partial charge in [0.15, 0.2) is 0 Å². The molecule has 1 aromatic rings. The number of rotatable bonds is 6. The Kier molecular flexibility index (Phi) is 6.69. The Morgan fingerprint density at radius 1 is 1.26 bits per heavy atom. The van der Waals surface area contributed by atoms with Crippen molar-refractivity contribution >= 4 is 18.3 Å². The molecule has 2 N–H and O–H groups in total. The molecule has 2 atom stereocenters. The second kappa shape index (κ2) is 8.52. The van der Waals surface area contributed by atoms with E-state index in [-0.39, 0.29) is 24.4 Å². The van der Waals surface area contributed by atoms with Crippen molar-refractivity contribution in [1.29, 1.82) is 0 Å². The monoisotopic (exact) mass is 340 g/mol. The van der Waals surface area contributed by atoms with Gasteiger partial charge in [-0.05, 0) is 43.9 Å². The van der Waals surface area contributed by atoms with E-state index in [2.05, 4.69) is 10.6 Å². The van der Waals surface area contributed by atoms with Gasteiger partial charge in [0.25, 0.3) is 5.91 Å². The molecule has 3 rings (SSSR count). The summed E-state index contributed by atoms with van der Waals surface area (Å²) in [5.74, 6) is 0.693. The number of benzene rings is 1. The fourth-order valence-electron chi connectivity index (χ4n) is 3.41. The van der Waals surface area contributed by atoms with E-state index in [1.54, 1.807) is 13.2 Å². The van der Waals surface area contributed by atoms with Crippen LogP contribution >= 0.6 is 12.4 Å². The highest BCUT2D eigenvalue weighted by Crippen LogP contribution is 2.27. The first-order valence-electron chi connectivity index (χ1n) is 8.03. The standard InChI is InChI=1S/C17H24N2O3.ClH/c1-21-7-8-22-16-4-2-3-12(9-16)17(20)19-15-10-13-5-6-14(11-15)18-13;/h2-4,9,13-15,18H,5-8,10-11H2,1H3,(H,19,20);1H. The van der Waals surface area contributed by atoms with Crippen molar-refractivity contribution in [3.05, 3.63) is 29.8 Å². The number of halogens is 1. The van der Waals surface area contributed by atoms with E-state index in [0.717, 1.165) is 12.8 Å². The zero-order valence-corrected chi connectivity index (χ0v) is 14.2. The number of ether oxygens (including phenoxy) is 2. The number of fused-ring (bicyclic) bond motifs is 2. The van der Waals surface area contributed by atoms with E-state index in [1.165, 1.54) is 12.8 Å². The van der Waals surface area contributed by atoms with E-state index >= 15 is 0 Å². The van der Waals surface area contributed by atoms with Crippen LogP contribution in [0.15, 0.2) is 24.3 Å². The number of piperidine rings is 1. The smallest absolute Gasteiger partial charge is 0.251 e. The summed E-state index contributed by atoms with van der Waals surface area (Å²) in [4.78, 5) is 12.4. The average Bonchev–Trinajstić information content (AvgIpc) is 2.87. The summed E-state index contributed by atoms with van der Waals surface area (Å²) in [6, 6.07) is 8.76. The molecule has 0 aliphatic carbocycles. The quantitative estimate of drug-likeness (QED) is 0.779. The Morgan fingerprint density at radius 2 is 2.00 bits per heavy atom. The third kappa shape index (κ3) is 4.83. The maximum atomic E-state index is 12.4. The SMILES string of the molecule is COCCOc1cccc(C(=O)NC2CC3CCC(C2)N3)c1.Cl. The predicted molar refractivity (Wildman–Crippen MR) is 91.5 cm³/mol. The van der Waals surface area contributed by atoms with Gasteiger partial charge in [0.2, 0.25) is 0 Å². The van der Waals surface area contributed by atoms with Crippen LogP contribution in [-0.4, -0.2) is 44.4 Å². The lowest BCUT2D eigenvalue weighted by atomic mass is 9.99. The first-order chi connectivity index (χ1) is 10.7. The number of methoxy groups -OCH3 is 1. The summed E-state index contributed by atoms with van der Waals surface area (Å²) in [5.41, 5.74) is 0.654. The molecular weight excluding hydrogens is 316 g/mol. The minimum Gasteiger partial charge on any atom is -0.491 e. The molecule has 0 radical (unpaired) electrons. The lowest BCUT2D eigenvalue weighted by Gasteiger charge is -2.29. The van der Waals surface area contributed by atoms with Crippen LogP contribution in [0.25, 0.3) is 0 Å². The Balaban J connectivity index is 0.00000192. The van der Waals surface area contributed by atoms with Gasteiger partial charge in [-0.2, -0.15) is 0 Å². The topological polar surface area (TPSA) is 59.6 Å². The molecule has 2 unspecified atom stereocenters. The van der Waals surface area contributed by atoms with Crippen LogP contribution in [0.4, 0.5) is 0 Å². The molecule has 5 nitrogen and oxygen atoms in total. The Hall–Kier alpha value is -1.30. The maximum Gasteiger partial charge on any atom is 0.251 e. The molecule has 1 aromatic carbocycles. The molecule has 23 heavy (non-hydrogen) atoms. The molecule has 0 aromatic heterocycles. The molecule has 2 aliphatic heterocycles. The molecule has 2 bridgehead atoms. The van der Waals surface area contributed by atoms with Crippen molar-refractivity contribution in [2.24, 2.45) is 0 Å². The summed E-state index contributed by atoms with van der Waals surface area (Å²) >= 11 is 0. The average molecular weight is 341 g/mol. The van der Waals surface area contributed by atoms with E-state index in [1.807, 2.05) is 18.2 Å². The zero-order chi connectivity index (χ0) is 15.4. The highest BCUT2D eigenvalue weighted by atomic mass is 35.5.